The van der Waals surface area contributed by atoms with Crippen LogP contribution in [0.2, 0.25) is 0 Å². The van der Waals surface area contributed by atoms with Crippen LogP contribution in [0.4, 0.5) is 0 Å². The minimum Gasteiger partial charge on any atom is -0.368 e. The van der Waals surface area contributed by atoms with Crippen molar-refractivity contribution in [3.05, 3.63) is 0 Å². The molecule has 1 saturated heterocycles. The van der Waals surface area contributed by atoms with Crippen molar-refractivity contribution >= 4 is 11.8 Å². The minimum absolute atomic E-state index is 0.101. The Hall–Kier alpha value is -1.10. The number of primary amides is 1. The first kappa shape index (κ1) is 10.4. The Morgan fingerprint density at radius 3 is 2.47 bits per heavy atom. The maximum atomic E-state index is 11.9. The fourth-order valence-electron chi connectivity index (χ4n) is 2.24. The second-order valence-electron chi connectivity index (χ2n) is 4.39. The Morgan fingerprint density at radius 1 is 1.40 bits per heavy atom. The topological polar surface area (TPSA) is 75.4 Å². The first-order valence-electron chi connectivity index (χ1n) is 5.40. The molecule has 1 heterocycles. The van der Waals surface area contributed by atoms with Gasteiger partial charge in [0.2, 0.25) is 11.8 Å². The van der Waals surface area contributed by atoms with Gasteiger partial charge in [0.25, 0.3) is 0 Å². The van der Waals surface area contributed by atoms with Crippen LogP contribution in [-0.4, -0.2) is 42.4 Å². The van der Waals surface area contributed by atoms with Crippen molar-refractivity contribution in [3.63, 3.8) is 0 Å². The van der Waals surface area contributed by atoms with Crippen LogP contribution in [-0.2, 0) is 9.59 Å². The predicted octanol–water partition coefficient (Wildman–Crippen LogP) is -0.929. The summed E-state index contributed by atoms with van der Waals surface area (Å²) in [5, 5.41) is 3.13. The lowest BCUT2D eigenvalue weighted by Gasteiger charge is -2.44. The molecule has 0 aromatic rings. The number of amides is 2. The van der Waals surface area contributed by atoms with Crippen LogP contribution in [0.1, 0.15) is 19.3 Å². The molecule has 0 aromatic carbocycles. The van der Waals surface area contributed by atoms with Gasteiger partial charge in [-0.3, -0.25) is 9.59 Å². The number of nitrogens with one attached hydrogen (secondary N) is 1. The Labute approximate surface area is 89.0 Å². The Balaban J connectivity index is 1.85. The third-order valence-corrected chi connectivity index (χ3v) is 3.53. The van der Waals surface area contributed by atoms with Crippen LogP contribution in [0.3, 0.4) is 0 Å². The Morgan fingerprint density at radius 2 is 2.07 bits per heavy atom. The molecule has 5 heteroatoms. The van der Waals surface area contributed by atoms with E-state index in [4.69, 9.17) is 5.73 Å². The van der Waals surface area contributed by atoms with Crippen molar-refractivity contribution in [1.29, 1.82) is 0 Å². The fraction of sp³-hybridized carbons (Fsp3) is 0.800. The predicted molar refractivity (Wildman–Crippen MR) is 54.9 cm³/mol. The fourth-order valence-corrected chi connectivity index (χ4v) is 2.24. The van der Waals surface area contributed by atoms with Gasteiger partial charge in [0.1, 0.15) is 6.04 Å². The van der Waals surface area contributed by atoms with E-state index >= 15 is 0 Å². The van der Waals surface area contributed by atoms with Gasteiger partial charge in [0, 0.05) is 18.5 Å². The number of rotatable bonds is 3. The molecule has 2 rings (SSSR count). The Kier molecular flexibility index (Phi) is 2.65. The number of nitrogens with two attached hydrogens (primary N) is 1. The zero-order valence-corrected chi connectivity index (χ0v) is 8.90. The maximum absolute atomic E-state index is 11.9. The minimum atomic E-state index is -0.376. The van der Waals surface area contributed by atoms with E-state index < -0.39 is 0 Å². The van der Waals surface area contributed by atoms with Crippen LogP contribution in [0, 0.1) is 5.92 Å². The molecule has 1 aliphatic carbocycles. The van der Waals surface area contributed by atoms with Crippen LogP contribution < -0.4 is 11.1 Å². The van der Waals surface area contributed by atoms with Crippen molar-refractivity contribution in [2.75, 3.05) is 13.6 Å². The normalized spacial score (nSPS) is 34.2. The third kappa shape index (κ3) is 1.71. The van der Waals surface area contributed by atoms with E-state index in [1.807, 2.05) is 7.05 Å². The molecule has 1 aliphatic heterocycles. The zero-order chi connectivity index (χ0) is 11.0. The number of hydrogen-bond donors (Lipinski definition) is 2. The summed E-state index contributed by atoms with van der Waals surface area (Å²) in [6, 6.07) is 0.124. The second-order valence-corrected chi connectivity index (χ2v) is 4.39. The summed E-state index contributed by atoms with van der Waals surface area (Å²) in [5.41, 5.74) is 5.19. The molecule has 3 N–H and O–H groups in total. The molecule has 15 heavy (non-hydrogen) atoms. The molecule has 0 spiro atoms. The molecular weight excluding hydrogens is 194 g/mol. The van der Waals surface area contributed by atoms with Gasteiger partial charge in [-0.1, -0.05) is 0 Å². The summed E-state index contributed by atoms with van der Waals surface area (Å²) in [5.74, 6) is -0.166. The Bertz CT molecular complexity index is 286. The van der Waals surface area contributed by atoms with Crippen molar-refractivity contribution in [2.24, 2.45) is 11.7 Å². The van der Waals surface area contributed by atoms with Gasteiger partial charge < -0.3 is 16.0 Å². The molecule has 1 saturated carbocycles. The molecule has 1 atom stereocenters. The highest BCUT2D eigenvalue weighted by atomic mass is 16.2. The molecule has 0 radical (unpaired) electrons. The highest BCUT2D eigenvalue weighted by molar-refractivity contribution is 5.89. The monoisotopic (exact) mass is 211 g/mol. The van der Waals surface area contributed by atoms with E-state index in [-0.39, 0.29) is 23.8 Å². The van der Waals surface area contributed by atoms with E-state index in [1.165, 1.54) is 0 Å². The summed E-state index contributed by atoms with van der Waals surface area (Å²) in [6.45, 7) is 0.688. The molecular formula is C10H17N3O2. The number of likely N-dealkylation sites (tertiary alicyclic amines) is 1. The van der Waals surface area contributed by atoms with E-state index in [2.05, 4.69) is 5.32 Å². The van der Waals surface area contributed by atoms with Gasteiger partial charge in [-0.2, -0.15) is 0 Å². The standard InChI is InChI=1S/C10H17N3O2/c1-12-7-4-6(5-7)10(15)13-3-2-8(13)9(11)14/h6-8,12H,2-5H2,1H3,(H2,11,14). The summed E-state index contributed by atoms with van der Waals surface area (Å²) >= 11 is 0. The molecule has 0 aromatic heterocycles. The lowest BCUT2D eigenvalue weighted by molar-refractivity contribution is -0.152. The lowest BCUT2D eigenvalue weighted by Crippen LogP contribution is -2.60. The molecule has 2 fully saturated rings. The van der Waals surface area contributed by atoms with Gasteiger partial charge in [-0.05, 0) is 26.3 Å². The molecule has 84 valence electrons. The SMILES string of the molecule is CNC1CC(C(=O)N2CCC2C(N)=O)C1. The van der Waals surface area contributed by atoms with Gasteiger partial charge in [0.15, 0.2) is 0 Å². The number of nitrogens with zero attached hydrogens (tertiary/aromatic N) is 1. The van der Waals surface area contributed by atoms with Gasteiger partial charge in [-0.25, -0.2) is 0 Å². The lowest BCUT2D eigenvalue weighted by atomic mass is 9.78. The average molecular weight is 211 g/mol. The van der Waals surface area contributed by atoms with Gasteiger partial charge in [0.05, 0.1) is 0 Å². The van der Waals surface area contributed by atoms with Gasteiger partial charge in [-0.15, -0.1) is 0 Å². The highest BCUT2D eigenvalue weighted by Gasteiger charge is 2.43. The largest absolute Gasteiger partial charge is 0.368 e. The van der Waals surface area contributed by atoms with Crippen molar-refractivity contribution in [1.82, 2.24) is 10.2 Å². The number of hydrogen-bond acceptors (Lipinski definition) is 3. The van der Waals surface area contributed by atoms with Crippen LogP contribution >= 0.6 is 0 Å². The zero-order valence-electron chi connectivity index (χ0n) is 8.90. The smallest absolute Gasteiger partial charge is 0.240 e. The first-order chi connectivity index (χ1) is 7.13. The molecule has 0 bridgehead atoms. The summed E-state index contributed by atoms with van der Waals surface area (Å²) in [6.07, 6.45) is 2.50. The van der Waals surface area contributed by atoms with Gasteiger partial charge >= 0.3 is 0 Å². The number of carbonyl (C=O) groups excluding carboxylic acids is 2. The third-order valence-electron chi connectivity index (χ3n) is 3.53. The van der Waals surface area contributed by atoms with E-state index in [9.17, 15) is 9.59 Å². The van der Waals surface area contributed by atoms with E-state index in [1.54, 1.807) is 4.90 Å². The quantitative estimate of drug-likeness (QED) is 0.633. The summed E-state index contributed by atoms with van der Waals surface area (Å²) in [4.78, 5) is 24.5. The first-order valence-corrected chi connectivity index (χ1v) is 5.40. The average Bonchev–Trinajstić information content (AvgIpc) is 1.98. The molecule has 2 aliphatic rings. The maximum Gasteiger partial charge on any atom is 0.240 e. The van der Waals surface area contributed by atoms with Crippen molar-refractivity contribution < 1.29 is 9.59 Å². The summed E-state index contributed by atoms with van der Waals surface area (Å²) in [7, 11) is 1.90. The molecule has 2 amide bonds. The second kappa shape index (κ2) is 3.81. The van der Waals surface area contributed by atoms with E-state index in [0.717, 1.165) is 19.3 Å². The van der Waals surface area contributed by atoms with Crippen LogP contribution in [0.5, 0.6) is 0 Å². The molecule has 1 unspecified atom stereocenters. The molecule has 5 nitrogen and oxygen atoms in total. The summed E-state index contributed by atoms with van der Waals surface area (Å²) < 4.78 is 0. The van der Waals surface area contributed by atoms with Crippen molar-refractivity contribution in [3.8, 4) is 0 Å². The number of carbonyl (C=O) groups is 2. The van der Waals surface area contributed by atoms with E-state index in [0.29, 0.717) is 12.6 Å². The van der Waals surface area contributed by atoms with Crippen molar-refractivity contribution in [2.45, 2.75) is 31.3 Å². The highest BCUT2D eigenvalue weighted by Crippen LogP contribution is 2.31. The van der Waals surface area contributed by atoms with Crippen LogP contribution in [0.25, 0.3) is 0 Å². The van der Waals surface area contributed by atoms with Crippen LogP contribution in [0.15, 0.2) is 0 Å².